The quantitative estimate of drug-likeness (QED) is 0.661. The van der Waals surface area contributed by atoms with E-state index in [1.165, 1.54) is 12.1 Å². The van der Waals surface area contributed by atoms with Gasteiger partial charge in [0.25, 0.3) is 0 Å². The summed E-state index contributed by atoms with van der Waals surface area (Å²) in [6, 6.07) is 8.56. The molecule has 3 nitrogen and oxygen atoms in total. The molecule has 0 aliphatic rings. The van der Waals surface area contributed by atoms with E-state index in [1.807, 2.05) is 19.9 Å². The van der Waals surface area contributed by atoms with Gasteiger partial charge in [0.1, 0.15) is 22.1 Å². The third-order valence-electron chi connectivity index (χ3n) is 3.63. The highest BCUT2D eigenvalue weighted by Gasteiger charge is 2.27. The summed E-state index contributed by atoms with van der Waals surface area (Å²) in [5.74, 6) is -0.132. The van der Waals surface area contributed by atoms with Crippen LogP contribution in [-0.4, -0.2) is 8.42 Å². The number of rotatable bonds is 2. The van der Waals surface area contributed by atoms with Gasteiger partial charge in [0, 0.05) is 5.39 Å². The molecule has 3 aromatic rings. The van der Waals surface area contributed by atoms with Crippen molar-refractivity contribution in [3.8, 4) is 0 Å². The Hall–Kier alpha value is -2.14. The lowest BCUT2D eigenvalue weighted by Crippen LogP contribution is -2.03. The Bertz CT molecular complexity index is 967. The van der Waals surface area contributed by atoms with E-state index in [4.69, 9.17) is 4.42 Å². The Morgan fingerprint density at radius 3 is 2.27 bits per heavy atom. The molecule has 2 aromatic carbocycles. The summed E-state index contributed by atoms with van der Waals surface area (Å²) in [6.07, 6.45) is 0. The zero-order valence-corrected chi connectivity index (χ0v) is 13.3. The van der Waals surface area contributed by atoms with Crippen molar-refractivity contribution in [2.75, 3.05) is 0 Å². The number of aryl methyl sites for hydroxylation is 3. The maximum absolute atomic E-state index is 13.0. The summed E-state index contributed by atoms with van der Waals surface area (Å²) < 4.78 is 44.5. The standard InChI is InChI=1S/C17H15FO3S/c1-10-8-11(2)16-15(9-10)17(12(3)21-16)22(19,20)14-6-4-13(18)5-7-14/h4-9H,1-3H3. The number of fused-ring (bicyclic) bond motifs is 1. The minimum Gasteiger partial charge on any atom is -0.460 e. The monoisotopic (exact) mass is 318 g/mol. The van der Waals surface area contributed by atoms with E-state index in [-0.39, 0.29) is 9.79 Å². The van der Waals surface area contributed by atoms with Gasteiger partial charge in [-0.2, -0.15) is 0 Å². The predicted molar refractivity (Wildman–Crippen MR) is 82.3 cm³/mol. The van der Waals surface area contributed by atoms with Crippen molar-refractivity contribution in [2.24, 2.45) is 0 Å². The molecule has 1 aromatic heterocycles. The Morgan fingerprint density at radius 2 is 1.64 bits per heavy atom. The van der Waals surface area contributed by atoms with Gasteiger partial charge in [-0.3, -0.25) is 0 Å². The molecule has 0 aliphatic heterocycles. The fourth-order valence-electron chi connectivity index (χ4n) is 2.71. The summed E-state index contributed by atoms with van der Waals surface area (Å²) in [5, 5.41) is 0.569. The third kappa shape index (κ3) is 2.22. The average Bonchev–Trinajstić information content (AvgIpc) is 2.76. The second-order valence-electron chi connectivity index (χ2n) is 5.40. The van der Waals surface area contributed by atoms with Crippen LogP contribution in [0.4, 0.5) is 4.39 Å². The minimum absolute atomic E-state index is 0.0545. The lowest BCUT2D eigenvalue weighted by atomic mass is 10.1. The molecule has 0 spiro atoms. The van der Waals surface area contributed by atoms with Crippen LogP contribution in [0.15, 0.2) is 50.6 Å². The van der Waals surface area contributed by atoms with Crippen LogP contribution >= 0.6 is 0 Å². The lowest BCUT2D eigenvalue weighted by Gasteiger charge is -2.04. The van der Waals surface area contributed by atoms with Gasteiger partial charge in [-0.1, -0.05) is 6.07 Å². The molecule has 114 valence electrons. The molecule has 22 heavy (non-hydrogen) atoms. The molecule has 0 fully saturated rings. The van der Waals surface area contributed by atoms with Crippen molar-refractivity contribution in [1.29, 1.82) is 0 Å². The van der Waals surface area contributed by atoms with Crippen molar-refractivity contribution in [1.82, 2.24) is 0 Å². The average molecular weight is 318 g/mol. The molecular formula is C17H15FO3S. The molecule has 0 amide bonds. The number of sulfone groups is 1. The Labute approximate surface area is 128 Å². The van der Waals surface area contributed by atoms with Crippen LogP contribution in [0.3, 0.4) is 0 Å². The van der Waals surface area contributed by atoms with Crippen molar-refractivity contribution in [2.45, 2.75) is 30.6 Å². The van der Waals surface area contributed by atoms with Gasteiger partial charge in [0.05, 0.1) is 4.90 Å². The van der Waals surface area contributed by atoms with E-state index in [0.29, 0.717) is 16.7 Å². The molecule has 0 unspecified atom stereocenters. The van der Waals surface area contributed by atoms with Crippen LogP contribution in [0.25, 0.3) is 11.0 Å². The van der Waals surface area contributed by atoms with E-state index in [9.17, 15) is 12.8 Å². The normalized spacial score (nSPS) is 12.0. The van der Waals surface area contributed by atoms with Crippen molar-refractivity contribution in [3.05, 3.63) is 59.1 Å². The first-order chi connectivity index (χ1) is 10.3. The van der Waals surface area contributed by atoms with E-state index in [1.54, 1.807) is 13.0 Å². The SMILES string of the molecule is Cc1cc(C)c2oc(C)c(S(=O)(=O)c3ccc(F)cc3)c2c1. The van der Waals surface area contributed by atoms with Crippen LogP contribution in [0.2, 0.25) is 0 Å². The van der Waals surface area contributed by atoms with Crippen molar-refractivity contribution >= 4 is 20.8 Å². The largest absolute Gasteiger partial charge is 0.460 e. The summed E-state index contributed by atoms with van der Waals surface area (Å²) in [6.45, 7) is 5.42. The highest BCUT2D eigenvalue weighted by Crippen LogP contribution is 2.35. The molecule has 3 rings (SSSR count). The Morgan fingerprint density at radius 1 is 1.00 bits per heavy atom. The molecule has 0 aliphatic carbocycles. The minimum atomic E-state index is -3.76. The Kier molecular flexibility index (Phi) is 3.33. The summed E-state index contributed by atoms with van der Waals surface area (Å²) in [5.41, 5.74) is 2.42. The van der Waals surface area contributed by atoms with E-state index < -0.39 is 15.7 Å². The first kappa shape index (κ1) is 14.8. The lowest BCUT2D eigenvalue weighted by molar-refractivity contribution is 0.556. The molecule has 0 radical (unpaired) electrons. The first-order valence-electron chi connectivity index (χ1n) is 6.81. The summed E-state index contributed by atoms with van der Waals surface area (Å²) >= 11 is 0. The number of hydrogen-bond donors (Lipinski definition) is 0. The molecule has 0 N–H and O–H groups in total. The second-order valence-corrected chi connectivity index (χ2v) is 7.29. The number of hydrogen-bond acceptors (Lipinski definition) is 3. The molecule has 0 atom stereocenters. The maximum Gasteiger partial charge on any atom is 0.210 e. The topological polar surface area (TPSA) is 47.3 Å². The molecule has 5 heteroatoms. The van der Waals surface area contributed by atoms with Gasteiger partial charge in [0.2, 0.25) is 9.84 Å². The van der Waals surface area contributed by atoms with Crippen molar-refractivity contribution in [3.63, 3.8) is 0 Å². The van der Waals surface area contributed by atoms with Gasteiger partial charge in [0.15, 0.2) is 0 Å². The van der Waals surface area contributed by atoms with Crippen LogP contribution in [0, 0.1) is 26.6 Å². The fourth-order valence-corrected chi connectivity index (χ4v) is 4.30. The van der Waals surface area contributed by atoms with E-state index in [2.05, 4.69) is 0 Å². The first-order valence-corrected chi connectivity index (χ1v) is 8.30. The Balaban J connectivity index is 2.34. The van der Waals surface area contributed by atoms with Gasteiger partial charge in [-0.05, 0) is 62.2 Å². The number of halogens is 1. The van der Waals surface area contributed by atoms with Gasteiger partial charge in [-0.25, -0.2) is 12.8 Å². The number of furan rings is 1. The van der Waals surface area contributed by atoms with E-state index in [0.717, 1.165) is 23.3 Å². The molecule has 0 saturated carbocycles. The summed E-state index contributed by atoms with van der Waals surface area (Å²) in [7, 11) is -3.76. The van der Waals surface area contributed by atoms with Crippen molar-refractivity contribution < 1.29 is 17.2 Å². The van der Waals surface area contributed by atoms with Gasteiger partial charge < -0.3 is 4.42 Å². The molecular weight excluding hydrogens is 303 g/mol. The van der Waals surface area contributed by atoms with Gasteiger partial charge in [-0.15, -0.1) is 0 Å². The van der Waals surface area contributed by atoms with Gasteiger partial charge >= 0.3 is 0 Å². The maximum atomic E-state index is 13.0. The molecule has 0 saturated heterocycles. The fraction of sp³-hybridized carbons (Fsp3) is 0.176. The second kappa shape index (κ2) is 4.95. The highest BCUT2D eigenvalue weighted by atomic mass is 32.2. The van der Waals surface area contributed by atoms with Crippen LogP contribution in [0.1, 0.15) is 16.9 Å². The third-order valence-corrected chi connectivity index (χ3v) is 5.57. The van der Waals surface area contributed by atoms with Crippen LogP contribution in [-0.2, 0) is 9.84 Å². The highest BCUT2D eigenvalue weighted by molar-refractivity contribution is 7.91. The summed E-state index contributed by atoms with van der Waals surface area (Å²) in [4.78, 5) is 0.208. The molecule has 1 heterocycles. The van der Waals surface area contributed by atoms with Crippen LogP contribution < -0.4 is 0 Å². The predicted octanol–water partition coefficient (Wildman–Crippen LogP) is 4.33. The number of benzene rings is 2. The van der Waals surface area contributed by atoms with E-state index >= 15 is 0 Å². The van der Waals surface area contributed by atoms with Crippen LogP contribution in [0.5, 0.6) is 0 Å². The molecule has 0 bridgehead atoms. The smallest absolute Gasteiger partial charge is 0.210 e. The zero-order chi connectivity index (χ0) is 16.1. The zero-order valence-electron chi connectivity index (χ0n) is 12.5.